The summed E-state index contributed by atoms with van der Waals surface area (Å²) in [4.78, 5) is 11.3. The molecule has 0 unspecified atom stereocenters. The van der Waals surface area contributed by atoms with Gasteiger partial charge >= 0.3 is 0 Å². The average Bonchev–Trinajstić information content (AvgIpc) is 2.69. The van der Waals surface area contributed by atoms with Gasteiger partial charge in [-0.15, -0.1) is 0 Å². The van der Waals surface area contributed by atoms with Gasteiger partial charge in [-0.1, -0.05) is 13.8 Å². The minimum atomic E-state index is -0.0775. The van der Waals surface area contributed by atoms with Crippen molar-refractivity contribution in [3.63, 3.8) is 0 Å². The van der Waals surface area contributed by atoms with Crippen LogP contribution in [-0.2, 0) is 0 Å². The minimum Gasteiger partial charge on any atom is -0.355 e. The highest BCUT2D eigenvalue weighted by Gasteiger charge is 2.04. The number of fused-ring (bicyclic) bond motifs is 1. The van der Waals surface area contributed by atoms with Gasteiger partial charge in [0.1, 0.15) is 0 Å². The Labute approximate surface area is 96.8 Å². The molecule has 4 heteroatoms. The Morgan fingerprint density at radius 2 is 2.12 bits per heavy atom. The van der Waals surface area contributed by atoms with Crippen LogP contribution >= 0.6 is 0 Å². The predicted molar refractivity (Wildman–Crippen MR) is 66.8 cm³/mol. The van der Waals surface area contributed by atoms with Gasteiger partial charge in [0, 0.05) is 20.2 Å². The number of nitrogens with one attached hydrogen (secondary N) is 1. The summed E-state index contributed by atoms with van der Waals surface area (Å²) >= 11 is 0. The first kappa shape index (κ1) is 12.2. The summed E-state index contributed by atoms with van der Waals surface area (Å²) in [5.74, 6) is -0.0775. The molecule has 1 N–H and O–H groups in total. The lowest BCUT2D eigenvalue weighted by Crippen LogP contribution is -2.17. The summed E-state index contributed by atoms with van der Waals surface area (Å²) < 4.78 is 1.75. The van der Waals surface area contributed by atoms with Crippen LogP contribution in [0, 0.1) is 6.92 Å². The number of hydrogen-bond donors (Lipinski definition) is 1. The van der Waals surface area contributed by atoms with Gasteiger partial charge in [0.05, 0.1) is 11.2 Å². The van der Waals surface area contributed by atoms with Crippen LogP contribution in [0.5, 0.6) is 0 Å². The smallest absolute Gasteiger partial charge is 0.251 e. The van der Waals surface area contributed by atoms with Crippen LogP contribution in [-0.4, -0.2) is 22.6 Å². The highest BCUT2D eigenvalue weighted by Crippen LogP contribution is 2.08. The molecule has 0 aromatic carbocycles. The van der Waals surface area contributed by atoms with Crippen molar-refractivity contribution in [1.29, 1.82) is 0 Å². The molecule has 1 amide bonds. The molecule has 0 aliphatic rings. The van der Waals surface area contributed by atoms with Gasteiger partial charge in [0.25, 0.3) is 5.91 Å². The number of nitrogens with zero attached hydrogens (tertiary/aromatic N) is 2. The zero-order chi connectivity index (χ0) is 12.1. The molecule has 0 aliphatic carbocycles. The molecule has 0 fully saturated rings. The number of amides is 1. The molecular weight excluding hydrogens is 202 g/mol. The van der Waals surface area contributed by atoms with Crippen LogP contribution in [0.3, 0.4) is 0 Å². The fourth-order valence-electron chi connectivity index (χ4n) is 1.41. The second-order valence-electron chi connectivity index (χ2n) is 3.15. The second-order valence-corrected chi connectivity index (χ2v) is 3.15. The molecule has 0 bridgehead atoms. The van der Waals surface area contributed by atoms with Crippen LogP contribution in [0.1, 0.15) is 31.3 Å². The van der Waals surface area contributed by atoms with Crippen LogP contribution < -0.4 is 5.32 Å². The Bertz CT molecular complexity index is 493. The van der Waals surface area contributed by atoms with E-state index in [-0.39, 0.29) is 7.33 Å². The molecule has 0 radical (unpaired) electrons. The van der Waals surface area contributed by atoms with Crippen LogP contribution in [0.2, 0.25) is 0 Å². The first-order valence-electron chi connectivity index (χ1n) is 5.39. The quantitative estimate of drug-likeness (QED) is 0.803. The summed E-state index contributed by atoms with van der Waals surface area (Å²) in [5.41, 5.74) is 2.53. The average molecular weight is 221 g/mol. The molecule has 4 nitrogen and oxygen atoms in total. The number of aryl methyl sites for hydroxylation is 1. The highest BCUT2D eigenvalue weighted by atomic mass is 16.1. The number of carbonyl (C=O) groups is 1. The molecule has 88 valence electrons. The topological polar surface area (TPSA) is 46.4 Å². The molecule has 2 aromatic heterocycles. The van der Waals surface area contributed by atoms with E-state index >= 15 is 0 Å². The van der Waals surface area contributed by atoms with E-state index in [4.69, 9.17) is 0 Å². The first-order valence-corrected chi connectivity index (χ1v) is 5.39. The lowest BCUT2D eigenvalue weighted by Gasteiger charge is -1.99. The van der Waals surface area contributed by atoms with Crippen LogP contribution in [0.25, 0.3) is 5.52 Å². The van der Waals surface area contributed by atoms with E-state index in [2.05, 4.69) is 10.4 Å². The number of rotatable bonds is 1. The molecule has 0 saturated carbocycles. The minimum absolute atomic E-state index is 0. The fraction of sp³-hybridized carbons (Fsp3) is 0.333. The van der Waals surface area contributed by atoms with Crippen molar-refractivity contribution < 1.29 is 6.22 Å². The van der Waals surface area contributed by atoms with Gasteiger partial charge in [-0.3, -0.25) is 4.79 Å². The van der Waals surface area contributed by atoms with E-state index in [0.717, 1.165) is 11.2 Å². The van der Waals surface area contributed by atoms with Gasteiger partial charge in [0.15, 0.2) is 0 Å². The zero-order valence-corrected chi connectivity index (χ0v) is 10.1. The summed E-state index contributed by atoms with van der Waals surface area (Å²) in [6.45, 7) is 5.92. The Balaban J connectivity index is 0.000000811. The van der Waals surface area contributed by atoms with E-state index in [9.17, 15) is 4.79 Å². The lowest BCUT2D eigenvalue weighted by molar-refractivity contribution is 0.0963. The zero-order valence-electron chi connectivity index (χ0n) is 10.1. The molecular formula is C12H19N3O. The monoisotopic (exact) mass is 221 g/mol. The largest absolute Gasteiger partial charge is 0.355 e. The van der Waals surface area contributed by atoms with E-state index < -0.39 is 0 Å². The van der Waals surface area contributed by atoms with Gasteiger partial charge < -0.3 is 5.32 Å². The van der Waals surface area contributed by atoms with E-state index in [1.807, 2.05) is 32.9 Å². The van der Waals surface area contributed by atoms with Gasteiger partial charge in [-0.05, 0) is 25.1 Å². The van der Waals surface area contributed by atoms with E-state index in [0.29, 0.717) is 5.56 Å². The molecule has 0 saturated heterocycles. The summed E-state index contributed by atoms with van der Waals surface area (Å²) in [6, 6.07) is 5.50. The second kappa shape index (κ2) is 5.30. The van der Waals surface area contributed by atoms with E-state index in [1.165, 1.54) is 0 Å². The number of aromatic nitrogens is 2. The number of hydrogen-bond acceptors (Lipinski definition) is 2. The van der Waals surface area contributed by atoms with Crippen LogP contribution in [0.4, 0.5) is 0 Å². The molecule has 2 heterocycles. The third kappa shape index (κ3) is 2.39. The Hall–Kier alpha value is -1.84. The van der Waals surface area contributed by atoms with Crippen molar-refractivity contribution in [3.8, 4) is 0 Å². The SMILES string of the molecule is CC.CNC(=O)c1ccn2nc(C)cc2c1.[HH]. The molecule has 0 spiro atoms. The third-order valence-corrected chi connectivity index (χ3v) is 2.07. The van der Waals surface area contributed by atoms with Gasteiger partial charge in [0.2, 0.25) is 0 Å². The maximum Gasteiger partial charge on any atom is 0.251 e. The summed E-state index contributed by atoms with van der Waals surface area (Å²) in [7, 11) is 1.62. The van der Waals surface area contributed by atoms with Crippen molar-refractivity contribution in [3.05, 3.63) is 35.7 Å². The molecule has 2 rings (SSSR count). The van der Waals surface area contributed by atoms with Crippen LogP contribution in [0.15, 0.2) is 24.4 Å². The van der Waals surface area contributed by atoms with Crippen molar-refractivity contribution in [2.75, 3.05) is 7.05 Å². The Morgan fingerprint density at radius 3 is 2.75 bits per heavy atom. The Morgan fingerprint density at radius 1 is 1.44 bits per heavy atom. The predicted octanol–water partition coefficient (Wildman–Crippen LogP) is 2.27. The summed E-state index contributed by atoms with van der Waals surface area (Å²) in [6.07, 6.45) is 1.78. The van der Waals surface area contributed by atoms with E-state index in [1.54, 1.807) is 23.8 Å². The first-order chi connectivity index (χ1) is 7.70. The van der Waals surface area contributed by atoms with Crippen molar-refractivity contribution in [2.45, 2.75) is 20.8 Å². The van der Waals surface area contributed by atoms with Gasteiger partial charge in [-0.25, -0.2) is 4.52 Å². The maximum absolute atomic E-state index is 11.3. The van der Waals surface area contributed by atoms with Crippen molar-refractivity contribution >= 4 is 11.4 Å². The standard InChI is InChI=1S/C10H11N3O.C2H6.H2/c1-7-5-9-6-8(10(14)11-2)3-4-13(9)12-7;1-2;/h3-6H,1-2H3,(H,11,14);1-2H3;1H. The molecule has 0 aliphatic heterocycles. The number of carbonyl (C=O) groups excluding carboxylic acids is 1. The normalized spacial score (nSPS) is 9.50. The number of pyridine rings is 1. The summed E-state index contributed by atoms with van der Waals surface area (Å²) in [5, 5.41) is 6.81. The molecule has 2 aromatic rings. The Kier molecular flexibility index (Phi) is 4.05. The lowest BCUT2D eigenvalue weighted by atomic mass is 10.2. The molecule has 16 heavy (non-hydrogen) atoms. The maximum atomic E-state index is 11.3. The fourth-order valence-corrected chi connectivity index (χ4v) is 1.41. The van der Waals surface area contributed by atoms with Crippen molar-refractivity contribution in [1.82, 2.24) is 14.9 Å². The van der Waals surface area contributed by atoms with Crippen molar-refractivity contribution in [2.24, 2.45) is 0 Å². The third-order valence-electron chi connectivity index (χ3n) is 2.07. The molecule has 0 atom stereocenters. The highest BCUT2D eigenvalue weighted by molar-refractivity contribution is 5.94. The van der Waals surface area contributed by atoms with Gasteiger partial charge in [-0.2, -0.15) is 5.10 Å².